The second-order valence-electron chi connectivity index (χ2n) is 5.48. The van der Waals surface area contributed by atoms with Gasteiger partial charge in [0.05, 0.1) is 23.3 Å². The van der Waals surface area contributed by atoms with E-state index in [4.69, 9.17) is 16.3 Å². The van der Waals surface area contributed by atoms with E-state index in [9.17, 15) is 10.4 Å². The number of fused-ring (bicyclic) bond motifs is 1. The van der Waals surface area contributed by atoms with Gasteiger partial charge in [-0.1, -0.05) is 54.1 Å². The Labute approximate surface area is 151 Å². The van der Waals surface area contributed by atoms with Gasteiger partial charge >= 0.3 is 0 Å². The molecular formula is C21H16ClNO2. The monoisotopic (exact) mass is 349 g/mol. The molecule has 0 aromatic heterocycles. The van der Waals surface area contributed by atoms with Crippen LogP contribution in [0.15, 0.2) is 54.6 Å². The van der Waals surface area contributed by atoms with E-state index in [1.54, 1.807) is 18.2 Å². The SMILES string of the molecule is CCOc1cc(/C=C(\C#N)c2cccc3ccccc23)cc(Cl)c1O. The number of benzene rings is 3. The van der Waals surface area contributed by atoms with Gasteiger partial charge in [0.1, 0.15) is 0 Å². The van der Waals surface area contributed by atoms with Crippen molar-refractivity contribution in [3.8, 4) is 17.6 Å². The number of allylic oxidation sites excluding steroid dienone is 1. The molecule has 3 aromatic rings. The van der Waals surface area contributed by atoms with E-state index in [0.717, 1.165) is 16.3 Å². The summed E-state index contributed by atoms with van der Waals surface area (Å²) in [7, 11) is 0. The Hall–Kier alpha value is -2.96. The molecule has 0 saturated heterocycles. The van der Waals surface area contributed by atoms with Crippen LogP contribution in [0, 0.1) is 11.3 Å². The molecular weight excluding hydrogens is 334 g/mol. The van der Waals surface area contributed by atoms with E-state index in [2.05, 4.69) is 6.07 Å². The second-order valence-corrected chi connectivity index (χ2v) is 5.89. The predicted octanol–water partition coefficient (Wildman–Crippen LogP) is 5.66. The van der Waals surface area contributed by atoms with Crippen LogP contribution in [0.5, 0.6) is 11.5 Å². The van der Waals surface area contributed by atoms with Crippen LogP contribution < -0.4 is 4.74 Å². The lowest BCUT2D eigenvalue weighted by Gasteiger charge is -2.09. The van der Waals surface area contributed by atoms with Crippen molar-refractivity contribution in [2.45, 2.75) is 6.92 Å². The van der Waals surface area contributed by atoms with Crippen molar-refractivity contribution in [3.63, 3.8) is 0 Å². The van der Waals surface area contributed by atoms with Gasteiger partial charge in [-0.15, -0.1) is 0 Å². The van der Waals surface area contributed by atoms with Crippen LogP contribution in [-0.4, -0.2) is 11.7 Å². The molecule has 0 amide bonds. The van der Waals surface area contributed by atoms with Crippen LogP contribution in [-0.2, 0) is 0 Å². The zero-order chi connectivity index (χ0) is 17.8. The Morgan fingerprint density at radius 1 is 1.20 bits per heavy atom. The summed E-state index contributed by atoms with van der Waals surface area (Å²) >= 11 is 6.08. The second kappa shape index (κ2) is 7.29. The fourth-order valence-corrected chi connectivity index (χ4v) is 2.96. The minimum atomic E-state index is -0.0932. The summed E-state index contributed by atoms with van der Waals surface area (Å²) in [6.07, 6.45) is 1.75. The summed E-state index contributed by atoms with van der Waals surface area (Å²) in [5, 5.41) is 21.9. The van der Waals surface area contributed by atoms with Gasteiger partial charge in [-0.3, -0.25) is 0 Å². The van der Waals surface area contributed by atoms with Crippen molar-refractivity contribution in [1.82, 2.24) is 0 Å². The lowest BCUT2D eigenvalue weighted by Crippen LogP contribution is -1.93. The van der Waals surface area contributed by atoms with E-state index in [0.29, 0.717) is 23.5 Å². The van der Waals surface area contributed by atoms with Gasteiger partial charge in [-0.2, -0.15) is 5.26 Å². The van der Waals surface area contributed by atoms with Gasteiger partial charge in [-0.05, 0) is 41.5 Å². The molecule has 0 bridgehead atoms. The average Bonchev–Trinajstić information content (AvgIpc) is 2.63. The summed E-state index contributed by atoms with van der Waals surface area (Å²) in [6.45, 7) is 2.23. The van der Waals surface area contributed by atoms with Gasteiger partial charge in [0.25, 0.3) is 0 Å². The Kier molecular flexibility index (Phi) is 4.92. The molecule has 3 nitrogen and oxygen atoms in total. The molecule has 3 aromatic carbocycles. The van der Waals surface area contributed by atoms with Crippen molar-refractivity contribution in [1.29, 1.82) is 5.26 Å². The molecule has 25 heavy (non-hydrogen) atoms. The molecule has 0 aliphatic heterocycles. The first kappa shape index (κ1) is 16.9. The Balaban J connectivity index is 2.14. The fraction of sp³-hybridized carbons (Fsp3) is 0.0952. The first-order chi connectivity index (χ1) is 12.1. The van der Waals surface area contributed by atoms with Crippen molar-refractivity contribution in [2.24, 2.45) is 0 Å². The van der Waals surface area contributed by atoms with Gasteiger partial charge in [-0.25, -0.2) is 0 Å². The van der Waals surface area contributed by atoms with Crippen molar-refractivity contribution in [2.75, 3.05) is 6.61 Å². The average molecular weight is 350 g/mol. The molecule has 0 heterocycles. The minimum absolute atomic E-state index is 0.0932. The van der Waals surface area contributed by atoms with Crippen LogP contribution >= 0.6 is 11.6 Å². The number of nitrogens with zero attached hydrogens (tertiary/aromatic N) is 1. The summed E-state index contributed by atoms with van der Waals surface area (Å²) < 4.78 is 5.40. The molecule has 0 fully saturated rings. The van der Waals surface area contributed by atoms with E-state index < -0.39 is 0 Å². The summed E-state index contributed by atoms with van der Waals surface area (Å²) in [5.74, 6) is 0.209. The molecule has 0 aliphatic rings. The molecule has 0 atom stereocenters. The number of ether oxygens (including phenoxy) is 1. The van der Waals surface area contributed by atoms with E-state index >= 15 is 0 Å². The molecule has 1 N–H and O–H groups in total. The number of hydrogen-bond donors (Lipinski definition) is 1. The lowest BCUT2D eigenvalue weighted by atomic mass is 9.97. The van der Waals surface area contributed by atoms with E-state index in [-0.39, 0.29) is 10.8 Å². The third-order valence-corrected chi connectivity index (χ3v) is 4.15. The number of nitriles is 1. The van der Waals surface area contributed by atoms with Crippen LogP contribution in [0.4, 0.5) is 0 Å². The third kappa shape index (κ3) is 3.45. The first-order valence-electron chi connectivity index (χ1n) is 7.89. The molecule has 0 spiro atoms. The topological polar surface area (TPSA) is 53.2 Å². The van der Waals surface area contributed by atoms with Gasteiger partial charge in [0.15, 0.2) is 11.5 Å². The highest BCUT2D eigenvalue weighted by Gasteiger charge is 2.11. The van der Waals surface area contributed by atoms with Gasteiger partial charge in [0.2, 0.25) is 0 Å². The molecule has 0 unspecified atom stereocenters. The number of aromatic hydroxyl groups is 1. The highest BCUT2D eigenvalue weighted by Crippen LogP contribution is 2.36. The van der Waals surface area contributed by atoms with Crippen molar-refractivity contribution < 1.29 is 9.84 Å². The van der Waals surface area contributed by atoms with Crippen LogP contribution in [0.1, 0.15) is 18.1 Å². The molecule has 0 aliphatic carbocycles. The lowest BCUT2D eigenvalue weighted by molar-refractivity contribution is 0.318. The Bertz CT molecular complexity index is 997. The zero-order valence-corrected chi connectivity index (χ0v) is 14.4. The summed E-state index contributed by atoms with van der Waals surface area (Å²) in [5.41, 5.74) is 2.06. The first-order valence-corrected chi connectivity index (χ1v) is 8.27. The fourth-order valence-electron chi connectivity index (χ4n) is 2.74. The standard InChI is InChI=1S/C21H16ClNO2/c1-2-25-20-12-14(11-19(22)21(20)24)10-16(13-23)18-9-5-7-15-6-3-4-8-17(15)18/h3-12,24H,2H2,1H3/b16-10+. The Morgan fingerprint density at radius 2 is 1.96 bits per heavy atom. The molecule has 3 rings (SSSR count). The van der Waals surface area contributed by atoms with Crippen LogP contribution in [0.25, 0.3) is 22.4 Å². The minimum Gasteiger partial charge on any atom is -0.503 e. The summed E-state index contributed by atoms with van der Waals surface area (Å²) in [6, 6.07) is 19.3. The maximum atomic E-state index is 9.96. The quantitative estimate of drug-likeness (QED) is 0.488. The third-order valence-electron chi connectivity index (χ3n) is 3.86. The highest BCUT2D eigenvalue weighted by atomic mass is 35.5. The summed E-state index contributed by atoms with van der Waals surface area (Å²) in [4.78, 5) is 0. The normalized spacial score (nSPS) is 11.3. The van der Waals surface area contributed by atoms with Crippen LogP contribution in [0.2, 0.25) is 5.02 Å². The number of hydrogen-bond acceptors (Lipinski definition) is 3. The maximum Gasteiger partial charge on any atom is 0.176 e. The van der Waals surface area contributed by atoms with Crippen LogP contribution in [0.3, 0.4) is 0 Å². The van der Waals surface area contributed by atoms with Gasteiger partial charge in [0, 0.05) is 5.56 Å². The number of phenolic OH excluding ortho intramolecular Hbond substituents is 1. The van der Waals surface area contributed by atoms with E-state index in [1.165, 1.54) is 0 Å². The molecule has 0 saturated carbocycles. The largest absolute Gasteiger partial charge is 0.503 e. The van der Waals surface area contributed by atoms with Crippen molar-refractivity contribution in [3.05, 3.63) is 70.7 Å². The predicted molar refractivity (Wildman–Crippen MR) is 102 cm³/mol. The molecule has 4 heteroatoms. The number of rotatable bonds is 4. The smallest absolute Gasteiger partial charge is 0.176 e. The highest BCUT2D eigenvalue weighted by molar-refractivity contribution is 6.32. The van der Waals surface area contributed by atoms with Gasteiger partial charge < -0.3 is 9.84 Å². The van der Waals surface area contributed by atoms with E-state index in [1.807, 2.05) is 49.4 Å². The maximum absolute atomic E-state index is 9.96. The number of phenols is 1. The molecule has 124 valence electrons. The Morgan fingerprint density at radius 3 is 2.72 bits per heavy atom. The number of halogens is 1. The van der Waals surface area contributed by atoms with Crippen molar-refractivity contribution >= 4 is 34.0 Å². The molecule has 0 radical (unpaired) electrons. The zero-order valence-electron chi connectivity index (χ0n) is 13.7.